The summed E-state index contributed by atoms with van der Waals surface area (Å²) < 4.78 is 30.3. The highest BCUT2D eigenvalue weighted by Crippen LogP contribution is 2.27. The van der Waals surface area contributed by atoms with Crippen LogP contribution in [0.4, 0.5) is 8.78 Å². The van der Waals surface area contributed by atoms with Crippen LogP contribution in [0.2, 0.25) is 0 Å². The summed E-state index contributed by atoms with van der Waals surface area (Å²) in [6.45, 7) is 0. The van der Waals surface area contributed by atoms with Crippen molar-refractivity contribution in [3.63, 3.8) is 0 Å². The molecule has 0 saturated carbocycles. The highest BCUT2D eigenvalue weighted by atomic mass is 79.9. The summed E-state index contributed by atoms with van der Waals surface area (Å²) >= 11 is 8.70. The molecule has 0 aliphatic carbocycles. The summed E-state index contributed by atoms with van der Waals surface area (Å²) in [6.07, 6.45) is -3.01. The smallest absolute Gasteiger partial charge is 0.311 e. The van der Waals surface area contributed by atoms with Crippen LogP contribution in [-0.4, -0.2) is 18.1 Å². The van der Waals surface area contributed by atoms with Crippen LogP contribution in [0, 0.1) is 0 Å². The second kappa shape index (κ2) is 6.26. The third-order valence-electron chi connectivity index (χ3n) is 2.08. The van der Waals surface area contributed by atoms with Crippen LogP contribution >= 0.6 is 27.5 Å². The van der Waals surface area contributed by atoms with Gasteiger partial charge >= 0.3 is 5.97 Å². The van der Waals surface area contributed by atoms with Crippen LogP contribution in [0.15, 0.2) is 10.7 Å². The van der Waals surface area contributed by atoms with E-state index in [0.29, 0.717) is 10.2 Å². The fourth-order valence-electron chi connectivity index (χ4n) is 1.22. The van der Waals surface area contributed by atoms with E-state index >= 15 is 0 Å². The van der Waals surface area contributed by atoms with Crippen LogP contribution in [0.25, 0.3) is 0 Å². The van der Waals surface area contributed by atoms with Gasteiger partial charge in [-0.1, -0.05) is 0 Å². The summed E-state index contributed by atoms with van der Waals surface area (Å²) in [6, 6.07) is 1.24. The quantitative estimate of drug-likeness (QED) is 0.484. The van der Waals surface area contributed by atoms with Crippen molar-refractivity contribution >= 4 is 33.5 Å². The zero-order valence-electron chi connectivity index (χ0n) is 8.84. The Labute approximate surface area is 110 Å². The lowest BCUT2D eigenvalue weighted by Gasteiger charge is -2.10. The van der Waals surface area contributed by atoms with E-state index in [1.807, 2.05) is 0 Å². The van der Waals surface area contributed by atoms with Gasteiger partial charge in [-0.25, -0.2) is 13.8 Å². The largest absolute Gasteiger partial charge is 0.469 e. The van der Waals surface area contributed by atoms with E-state index in [-0.39, 0.29) is 23.6 Å². The SMILES string of the molecule is COC(=O)Cc1nc(Br)c(CCl)cc1C(F)F. The van der Waals surface area contributed by atoms with Gasteiger partial charge in [0.1, 0.15) is 4.60 Å². The fourth-order valence-corrected chi connectivity index (χ4v) is 2.05. The summed E-state index contributed by atoms with van der Waals surface area (Å²) in [7, 11) is 1.19. The van der Waals surface area contributed by atoms with E-state index in [9.17, 15) is 13.6 Å². The first-order chi connectivity index (χ1) is 7.99. The molecular weight excluding hydrogens is 319 g/mol. The van der Waals surface area contributed by atoms with E-state index in [1.165, 1.54) is 13.2 Å². The number of halogens is 4. The molecule has 0 radical (unpaired) electrons. The van der Waals surface area contributed by atoms with Crippen molar-refractivity contribution in [3.05, 3.63) is 27.5 Å². The number of rotatable bonds is 4. The van der Waals surface area contributed by atoms with E-state index in [4.69, 9.17) is 11.6 Å². The lowest BCUT2D eigenvalue weighted by atomic mass is 10.1. The van der Waals surface area contributed by atoms with Gasteiger partial charge in [-0.2, -0.15) is 0 Å². The van der Waals surface area contributed by atoms with Crippen LogP contribution in [0.3, 0.4) is 0 Å². The highest BCUT2D eigenvalue weighted by molar-refractivity contribution is 9.10. The van der Waals surface area contributed by atoms with E-state index in [2.05, 4.69) is 25.7 Å². The first kappa shape index (κ1) is 14.3. The molecule has 0 amide bonds. The molecule has 7 heteroatoms. The van der Waals surface area contributed by atoms with Crippen molar-refractivity contribution in [3.8, 4) is 0 Å². The molecule has 0 N–H and O–H groups in total. The molecule has 1 heterocycles. The number of methoxy groups -OCH3 is 1. The van der Waals surface area contributed by atoms with Gasteiger partial charge in [0.05, 0.1) is 25.1 Å². The van der Waals surface area contributed by atoms with Crippen molar-refractivity contribution < 1.29 is 18.3 Å². The zero-order chi connectivity index (χ0) is 13.0. The summed E-state index contributed by atoms with van der Waals surface area (Å²) in [5.41, 5.74) is 0.150. The van der Waals surface area contributed by atoms with Crippen LogP contribution in [0.5, 0.6) is 0 Å². The molecule has 0 aliphatic rings. The molecule has 0 atom stereocenters. The van der Waals surface area contributed by atoms with Gasteiger partial charge < -0.3 is 4.74 Å². The Kier molecular flexibility index (Phi) is 5.27. The number of hydrogen-bond donors (Lipinski definition) is 0. The van der Waals surface area contributed by atoms with E-state index < -0.39 is 12.4 Å². The number of carbonyl (C=O) groups is 1. The zero-order valence-corrected chi connectivity index (χ0v) is 11.2. The monoisotopic (exact) mass is 327 g/mol. The summed E-state index contributed by atoms with van der Waals surface area (Å²) in [5.74, 6) is -0.559. The average Bonchev–Trinajstić information content (AvgIpc) is 2.28. The topological polar surface area (TPSA) is 39.2 Å². The van der Waals surface area contributed by atoms with Gasteiger partial charge in [-0.3, -0.25) is 4.79 Å². The molecule has 0 aliphatic heterocycles. The molecule has 0 unspecified atom stereocenters. The first-order valence-electron chi connectivity index (χ1n) is 4.58. The van der Waals surface area contributed by atoms with E-state index in [1.54, 1.807) is 0 Å². The molecule has 1 aromatic rings. The predicted octanol–water partition coefficient (Wildman–Crippen LogP) is 3.24. The first-order valence-corrected chi connectivity index (χ1v) is 5.91. The molecule has 1 aromatic heterocycles. The minimum absolute atomic E-state index is 0.00686. The van der Waals surface area contributed by atoms with Gasteiger partial charge in [-0.15, -0.1) is 11.6 Å². The normalized spacial score (nSPS) is 10.7. The van der Waals surface area contributed by atoms with E-state index in [0.717, 1.165) is 0 Å². The molecule has 17 heavy (non-hydrogen) atoms. The molecule has 0 fully saturated rings. The van der Waals surface area contributed by atoms with Gasteiger partial charge in [0.2, 0.25) is 0 Å². The highest BCUT2D eigenvalue weighted by Gasteiger charge is 2.19. The Balaban J connectivity index is 3.18. The molecule has 1 rings (SSSR count). The number of carbonyl (C=O) groups excluding carboxylic acids is 1. The van der Waals surface area contributed by atoms with Crippen molar-refractivity contribution in [1.29, 1.82) is 0 Å². The number of ether oxygens (including phenoxy) is 1. The molecule has 0 spiro atoms. The van der Waals surface area contributed by atoms with Crippen molar-refractivity contribution in [2.24, 2.45) is 0 Å². The second-order valence-electron chi connectivity index (χ2n) is 3.16. The minimum Gasteiger partial charge on any atom is -0.469 e. The Morgan fingerprint density at radius 3 is 2.76 bits per heavy atom. The summed E-state index contributed by atoms with van der Waals surface area (Å²) in [4.78, 5) is 15.0. The molecule has 0 bridgehead atoms. The number of pyridine rings is 1. The maximum atomic E-state index is 12.8. The standard InChI is InChI=1S/C10H9BrClF2NO2/c1-17-8(16)3-7-6(10(13)14)2-5(4-12)9(11)15-7/h2,10H,3-4H2,1H3. The molecule has 0 aromatic carbocycles. The maximum Gasteiger partial charge on any atom is 0.311 e. The number of nitrogens with zero attached hydrogens (tertiary/aromatic N) is 1. The summed E-state index contributed by atoms with van der Waals surface area (Å²) in [5, 5.41) is 0. The Morgan fingerprint density at radius 2 is 2.29 bits per heavy atom. The Morgan fingerprint density at radius 1 is 1.65 bits per heavy atom. The lowest BCUT2D eigenvalue weighted by Crippen LogP contribution is -2.10. The maximum absolute atomic E-state index is 12.8. The number of aromatic nitrogens is 1. The minimum atomic E-state index is -2.71. The fraction of sp³-hybridized carbons (Fsp3) is 0.400. The van der Waals surface area contributed by atoms with Crippen molar-refractivity contribution in [1.82, 2.24) is 4.98 Å². The number of hydrogen-bond acceptors (Lipinski definition) is 3. The van der Waals surface area contributed by atoms with Crippen molar-refractivity contribution in [2.75, 3.05) is 7.11 Å². The molecule has 0 saturated heterocycles. The average molecular weight is 329 g/mol. The predicted molar refractivity (Wildman–Crippen MR) is 62.2 cm³/mol. The van der Waals surface area contributed by atoms with Crippen LogP contribution < -0.4 is 0 Å². The molecule has 94 valence electrons. The Hall–Kier alpha value is -0.750. The van der Waals surface area contributed by atoms with Gasteiger partial charge in [-0.05, 0) is 22.0 Å². The van der Waals surface area contributed by atoms with Gasteiger partial charge in [0.15, 0.2) is 0 Å². The van der Waals surface area contributed by atoms with Crippen LogP contribution in [0.1, 0.15) is 23.2 Å². The second-order valence-corrected chi connectivity index (χ2v) is 4.18. The molecular formula is C10H9BrClF2NO2. The number of esters is 1. The van der Waals surface area contributed by atoms with Crippen LogP contribution in [-0.2, 0) is 21.8 Å². The number of alkyl halides is 3. The third kappa shape index (κ3) is 3.61. The Bertz CT molecular complexity index is 429. The lowest BCUT2D eigenvalue weighted by molar-refractivity contribution is -0.139. The van der Waals surface area contributed by atoms with Gasteiger partial charge in [0, 0.05) is 11.1 Å². The third-order valence-corrected chi connectivity index (χ3v) is 3.05. The molecule has 3 nitrogen and oxygen atoms in total. The van der Waals surface area contributed by atoms with Crippen molar-refractivity contribution in [2.45, 2.75) is 18.7 Å². The van der Waals surface area contributed by atoms with Gasteiger partial charge in [0.25, 0.3) is 6.43 Å².